The van der Waals surface area contributed by atoms with Crippen molar-refractivity contribution in [2.45, 2.75) is 5.41 Å². The Balaban J connectivity index is 1.10. The van der Waals surface area contributed by atoms with Crippen LogP contribution in [0.25, 0.3) is 55.3 Å². The summed E-state index contributed by atoms with van der Waals surface area (Å²) >= 11 is 0. The van der Waals surface area contributed by atoms with Crippen molar-refractivity contribution in [1.29, 1.82) is 0 Å². The molecule has 0 unspecified atom stereocenters. The number of furan rings is 1. The zero-order valence-electron chi connectivity index (χ0n) is 31.2. The Morgan fingerprint density at radius 3 is 1.60 bits per heavy atom. The van der Waals surface area contributed by atoms with Gasteiger partial charge in [0.1, 0.15) is 11.2 Å². The standard InChI is InChI=1S/C55H37NO/c1-4-16-38(17-5-1)43-30-32-52-50(37-43)55(44-21-6-2-7-22-44,45-23-8-3-9-24-45)49-27-11-12-28-51(49)56(52)46-25-15-20-41(35-46)39-18-14-19-40(34-39)42-31-33-54-48(36-42)47-26-10-13-29-53(47)57-54/h1-37H. The van der Waals surface area contributed by atoms with Gasteiger partial charge in [-0.3, -0.25) is 0 Å². The molecule has 2 heterocycles. The van der Waals surface area contributed by atoms with Gasteiger partial charge in [0.05, 0.1) is 16.8 Å². The van der Waals surface area contributed by atoms with Gasteiger partial charge in [-0.05, 0) is 110 Å². The zero-order valence-corrected chi connectivity index (χ0v) is 31.2. The number of anilines is 3. The van der Waals surface area contributed by atoms with Gasteiger partial charge >= 0.3 is 0 Å². The fourth-order valence-corrected chi connectivity index (χ4v) is 9.15. The van der Waals surface area contributed by atoms with Crippen LogP contribution < -0.4 is 4.90 Å². The first-order valence-electron chi connectivity index (χ1n) is 19.6. The SMILES string of the molecule is c1ccc(-c2ccc3c(c2)C(c2ccccc2)(c2ccccc2)c2ccccc2N3c2cccc(-c3cccc(-c4ccc5oc6ccccc6c5c4)c3)c2)cc1. The van der Waals surface area contributed by atoms with Crippen LogP contribution in [0.5, 0.6) is 0 Å². The third-order valence-corrected chi connectivity index (χ3v) is 11.7. The third kappa shape index (κ3) is 5.33. The van der Waals surface area contributed by atoms with Crippen LogP contribution in [-0.4, -0.2) is 0 Å². The topological polar surface area (TPSA) is 16.4 Å². The van der Waals surface area contributed by atoms with Crippen molar-refractivity contribution in [1.82, 2.24) is 0 Å². The van der Waals surface area contributed by atoms with Crippen molar-refractivity contribution in [3.05, 3.63) is 247 Å². The van der Waals surface area contributed by atoms with E-state index in [1.165, 1.54) is 50.1 Å². The molecular weight excluding hydrogens is 691 g/mol. The van der Waals surface area contributed by atoms with Crippen LogP contribution in [0.2, 0.25) is 0 Å². The van der Waals surface area contributed by atoms with Gasteiger partial charge in [-0.1, -0.05) is 170 Å². The Morgan fingerprint density at radius 1 is 0.316 bits per heavy atom. The average molecular weight is 728 g/mol. The predicted octanol–water partition coefficient (Wildman–Crippen LogP) is 14.8. The van der Waals surface area contributed by atoms with Gasteiger partial charge in [-0.2, -0.15) is 0 Å². The first-order chi connectivity index (χ1) is 28.3. The number of nitrogens with zero attached hydrogens (tertiary/aromatic N) is 1. The molecule has 1 aliphatic heterocycles. The van der Waals surface area contributed by atoms with E-state index in [0.717, 1.165) is 44.6 Å². The minimum atomic E-state index is -0.566. The smallest absolute Gasteiger partial charge is 0.135 e. The molecule has 9 aromatic carbocycles. The zero-order chi connectivity index (χ0) is 37.8. The lowest BCUT2D eigenvalue weighted by Crippen LogP contribution is -2.37. The second kappa shape index (κ2) is 13.4. The molecule has 11 rings (SSSR count). The maximum Gasteiger partial charge on any atom is 0.135 e. The lowest BCUT2D eigenvalue weighted by Gasteiger charge is -2.46. The fourth-order valence-electron chi connectivity index (χ4n) is 9.15. The summed E-state index contributed by atoms with van der Waals surface area (Å²) in [5, 5.41) is 2.27. The number of rotatable bonds is 6. The van der Waals surface area contributed by atoms with E-state index in [0.29, 0.717) is 0 Å². The lowest BCUT2D eigenvalue weighted by atomic mass is 9.62. The Kier molecular flexibility index (Phi) is 7.75. The number of benzene rings is 9. The molecule has 0 amide bonds. The first kappa shape index (κ1) is 33.0. The molecule has 2 heteroatoms. The van der Waals surface area contributed by atoms with E-state index in [9.17, 15) is 0 Å². The van der Waals surface area contributed by atoms with Crippen LogP contribution in [0, 0.1) is 0 Å². The number of hydrogen-bond donors (Lipinski definition) is 0. The summed E-state index contributed by atoms with van der Waals surface area (Å²) in [5.41, 5.74) is 16.7. The summed E-state index contributed by atoms with van der Waals surface area (Å²) in [6.07, 6.45) is 0. The highest BCUT2D eigenvalue weighted by Crippen LogP contribution is 2.58. The van der Waals surface area contributed by atoms with E-state index in [1.54, 1.807) is 0 Å². The van der Waals surface area contributed by atoms with E-state index in [4.69, 9.17) is 4.42 Å². The molecule has 10 aromatic rings. The fraction of sp³-hybridized carbons (Fsp3) is 0.0182. The van der Waals surface area contributed by atoms with E-state index >= 15 is 0 Å². The highest BCUT2D eigenvalue weighted by atomic mass is 16.3. The average Bonchev–Trinajstić information content (AvgIpc) is 3.67. The molecule has 0 fully saturated rings. The molecule has 0 saturated heterocycles. The van der Waals surface area contributed by atoms with Crippen molar-refractivity contribution >= 4 is 39.0 Å². The van der Waals surface area contributed by atoms with Gasteiger partial charge in [-0.25, -0.2) is 0 Å². The highest BCUT2D eigenvalue weighted by Gasteiger charge is 2.46. The van der Waals surface area contributed by atoms with Crippen molar-refractivity contribution in [3.63, 3.8) is 0 Å². The van der Waals surface area contributed by atoms with Crippen LogP contribution in [0.1, 0.15) is 22.3 Å². The summed E-state index contributed by atoms with van der Waals surface area (Å²) in [6, 6.07) is 81.5. The summed E-state index contributed by atoms with van der Waals surface area (Å²) in [6.45, 7) is 0. The molecule has 0 N–H and O–H groups in total. The van der Waals surface area contributed by atoms with Crippen molar-refractivity contribution in [2.24, 2.45) is 0 Å². The second-order valence-corrected chi connectivity index (χ2v) is 14.9. The van der Waals surface area contributed by atoms with E-state index in [2.05, 4.69) is 217 Å². The number of fused-ring (bicyclic) bond motifs is 5. The van der Waals surface area contributed by atoms with Crippen LogP contribution in [0.15, 0.2) is 229 Å². The van der Waals surface area contributed by atoms with Gasteiger partial charge in [0.2, 0.25) is 0 Å². The third-order valence-electron chi connectivity index (χ3n) is 11.7. The van der Waals surface area contributed by atoms with Gasteiger partial charge in [0.25, 0.3) is 0 Å². The number of hydrogen-bond acceptors (Lipinski definition) is 2. The first-order valence-corrected chi connectivity index (χ1v) is 19.6. The summed E-state index contributed by atoms with van der Waals surface area (Å²) in [7, 11) is 0. The lowest BCUT2D eigenvalue weighted by molar-refractivity contribution is 0.669. The van der Waals surface area contributed by atoms with Crippen LogP contribution >= 0.6 is 0 Å². The molecule has 1 aliphatic rings. The molecule has 0 atom stereocenters. The van der Waals surface area contributed by atoms with E-state index in [1.807, 2.05) is 12.1 Å². The number of para-hydroxylation sites is 2. The monoisotopic (exact) mass is 727 g/mol. The minimum Gasteiger partial charge on any atom is -0.456 e. The summed E-state index contributed by atoms with van der Waals surface area (Å²) in [5.74, 6) is 0. The minimum absolute atomic E-state index is 0.566. The van der Waals surface area contributed by atoms with Gasteiger partial charge < -0.3 is 9.32 Å². The Bertz CT molecular complexity index is 3030. The van der Waals surface area contributed by atoms with E-state index < -0.39 is 5.41 Å². The Morgan fingerprint density at radius 2 is 0.842 bits per heavy atom. The molecule has 2 nitrogen and oxygen atoms in total. The molecular formula is C55H37NO. The van der Waals surface area contributed by atoms with Crippen molar-refractivity contribution in [2.75, 3.05) is 4.90 Å². The predicted molar refractivity (Wildman–Crippen MR) is 237 cm³/mol. The van der Waals surface area contributed by atoms with Crippen molar-refractivity contribution in [3.8, 4) is 33.4 Å². The molecule has 57 heavy (non-hydrogen) atoms. The summed E-state index contributed by atoms with van der Waals surface area (Å²) < 4.78 is 6.14. The molecule has 0 spiro atoms. The summed E-state index contributed by atoms with van der Waals surface area (Å²) in [4.78, 5) is 2.47. The molecule has 268 valence electrons. The normalized spacial score (nSPS) is 13.0. The molecule has 0 bridgehead atoms. The maximum atomic E-state index is 6.14. The van der Waals surface area contributed by atoms with E-state index in [-0.39, 0.29) is 0 Å². The van der Waals surface area contributed by atoms with Gasteiger partial charge in [0.15, 0.2) is 0 Å². The largest absolute Gasteiger partial charge is 0.456 e. The highest BCUT2D eigenvalue weighted by molar-refractivity contribution is 6.06. The quantitative estimate of drug-likeness (QED) is 0.170. The van der Waals surface area contributed by atoms with Gasteiger partial charge in [-0.15, -0.1) is 0 Å². The van der Waals surface area contributed by atoms with Crippen molar-refractivity contribution < 1.29 is 4.42 Å². The molecule has 0 saturated carbocycles. The Hall–Kier alpha value is -7.42. The van der Waals surface area contributed by atoms with Crippen LogP contribution in [0.3, 0.4) is 0 Å². The molecule has 0 aliphatic carbocycles. The van der Waals surface area contributed by atoms with Crippen LogP contribution in [-0.2, 0) is 5.41 Å². The second-order valence-electron chi connectivity index (χ2n) is 14.9. The van der Waals surface area contributed by atoms with Crippen LogP contribution in [0.4, 0.5) is 17.1 Å². The Labute approximate surface area is 332 Å². The van der Waals surface area contributed by atoms with Gasteiger partial charge in [0, 0.05) is 16.5 Å². The molecule has 0 radical (unpaired) electrons. The molecule has 1 aromatic heterocycles. The maximum absolute atomic E-state index is 6.14.